The van der Waals surface area contributed by atoms with Crippen molar-refractivity contribution in [1.82, 2.24) is 14.4 Å². The predicted molar refractivity (Wildman–Crippen MR) is 145 cm³/mol. The van der Waals surface area contributed by atoms with Crippen LogP contribution in [0.25, 0.3) is 27.3 Å². The predicted octanol–water partition coefficient (Wildman–Crippen LogP) is 7.44. The van der Waals surface area contributed by atoms with Gasteiger partial charge < -0.3 is 18.9 Å². The molecule has 40 heavy (non-hydrogen) atoms. The van der Waals surface area contributed by atoms with Crippen LogP contribution >= 0.6 is 0 Å². The number of rotatable bonds is 7. The zero-order chi connectivity index (χ0) is 28.0. The van der Waals surface area contributed by atoms with Crippen molar-refractivity contribution in [2.24, 2.45) is 0 Å². The molecule has 9 heteroatoms. The Hall–Kier alpha value is -4.79. The minimum absolute atomic E-state index is 0.154. The molecule has 1 atom stereocenters. The molecule has 6 nitrogen and oxygen atoms in total. The van der Waals surface area contributed by atoms with Gasteiger partial charge >= 0.3 is 5.97 Å². The highest BCUT2D eigenvalue weighted by atomic mass is 19.1. The first-order valence-corrected chi connectivity index (χ1v) is 12.8. The SMILES string of the molecule is CCOC(=O)Cc1cccc(C(C)c2cnc3c4cc(Oc5c(F)cc6[nH]ccc6c5F)ccc4ccn23)c1F. The molecular weight excluding hydrogens is 519 g/mol. The van der Waals surface area contributed by atoms with Crippen LogP contribution in [-0.2, 0) is 16.0 Å². The molecule has 0 saturated heterocycles. The van der Waals surface area contributed by atoms with E-state index in [0.29, 0.717) is 22.1 Å². The van der Waals surface area contributed by atoms with Gasteiger partial charge in [-0.2, -0.15) is 0 Å². The van der Waals surface area contributed by atoms with E-state index in [4.69, 9.17) is 9.47 Å². The monoisotopic (exact) mass is 543 g/mol. The van der Waals surface area contributed by atoms with Crippen molar-refractivity contribution in [1.29, 1.82) is 0 Å². The molecule has 3 heterocycles. The molecule has 202 valence electrons. The van der Waals surface area contributed by atoms with Crippen LogP contribution in [0.1, 0.15) is 36.6 Å². The van der Waals surface area contributed by atoms with Crippen molar-refractivity contribution in [3.63, 3.8) is 0 Å². The second-order valence-electron chi connectivity index (χ2n) is 9.51. The summed E-state index contributed by atoms with van der Waals surface area (Å²) in [5.74, 6) is -3.21. The van der Waals surface area contributed by atoms with Crippen molar-refractivity contribution < 1.29 is 27.4 Å². The van der Waals surface area contributed by atoms with Crippen LogP contribution in [-0.4, -0.2) is 26.9 Å². The van der Waals surface area contributed by atoms with E-state index >= 15 is 4.39 Å². The third-order valence-corrected chi connectivity index (χ3v) is 7.08. The number of pyridine rings is 1. The topological polar surface area (TPSA) is 68.6 Å². The van der Waals surface area contributed by atoms with Crippen LogP contribution in [0.15, 0.2) is 73.2 Å². The molecule has 0 spiro atoms. The second-order valence-corrected chi connectivity index (χ2v) is 9.51. The highest BCUT2D eigenvalue weighted by Crippen LogP contribution is 2.35. The Bertz CT molecular complexity index is 1910. The molecular formula is C31H24F3N3O3. The van der Waals surface area contributed by atoms with Crippen LogP contribution in [0, 0.1) is 17.5 Å². The summed E-state index contributed by atoms with van der Waals surface area (Å²) < 4.78 is 57.6. The maximum Gasteiger partial charge on any atom is 0.310 e. The van der Waals surface area contributed by atoms with Crippen LogP contribution in [0.5, 0.6) is 11.5 Å². The van der Waals surface area contributed by atoms with E-state index in [1.54, 1.807) is 49.5 Å². The summed E-state index contributed by atoms with van der Waals surface area (Å²) in [5, 5.41) is 1.76. The van der Waals surface area contributed by atoms with Gasteiger partial charge in [0.05, 0.1) is 18.5 Å². The molecule has 0 aliphatic carbocycles. The van der Waals surface area contributed by atoms with Crippen LogP contribution < -0.4 is 4.74 Å². The van der Waals surface area contributed by atoms with E-state index in [2.05, 4.69) is 9.97 Å². The van der Waals surface area contributed by atoms with E-state index in [0.717, 1.165) is 11.1 Å². The highest BCUT2D eigenvalue weighted by Gasteiger charge is 2.22. The minimum atomic E-state index is -0.824. The van der Waals surface area contributed by atoms with E-state index < -0.39 is 35.1 Å². The van der Waals surface area contributed by atoms with Gasteiger partial charge in [0.1, 0.15) is 17.2 Å². The number of fused-ring (bicyclic) bond motifs is 4. The van der Waals surface area contributed by atoms with Gasteiger partial charge in [-0.05, 0) is 47.7 Å². The zero-order valence-corrected chi connectivity index (χ0v) is 21.7. The molecule has 0 aliphatic heterocycles. The third kappa shape index (κ3) is 4.33. The number of H-pyrrole nitrogens is 1. The number of hydrogen-bond acceptors (Lipinski definition) is 4. The summed E-state index contributed by atoms with van der Waals surface area (Å²) in [5.41, 5.74) is 2.33. The third-order valence-electron chi connectivity index (χ3n) is 7.08. The molecule has 1 N–H and O–H groups in total. The summed E-state index contributed by atoms with van der Waals surface area (Å²) in [6.45, 7) is 3.79. The Balaban J connectivity index is 1.37. The average molecular weight is 544 g/mol. The Morgan fingerprint density at radius 1 is 1.05 bits per heavy atom. The van der Waals surface area contributed by atoms with Gasteiger partial charge in [-0.3, -0.25) is 4.79 Å². The van der Waals surface area contributed by atoms with Crippen LogP contribution in [0.4, 0.5) is 13.2 Å². The highest BCUT2D eigenvalue weighted by molar-refractivity contribution is 5.95. The lowest BCUT2D eigenvalue weighted by Crippen LogP contribution is -2.11. The lowest BCUT2D eigenvalue weighted by molar-refractivity contribution is -0.142. The van der Waals surface area contributed by atoms with Gasteiger partial charge in [-0.25, -0.2) is 18.2 Å². The number of aromatic nitrogens is 3. The van der Waals surface area contributed by atoms with Gasteiger partial charge in [-0.15, -0.1) is 0 Å². The number of nitrogens with zero attached hydrogens (tertiary/aromatic N) is 2. The van der Waals surface area contributed by atoms with E-state index in [1.807, 2.05) is 23.6 Å². The smallest absolute Gasteiger partial charge is 0.310 e. The largest absolute Gasteiger partial charge is 0.466 e. The molecule has 0 amide bonds. The van der Waals surface area contributed by atoms with Crippen molar-refractivity contribution in [3.05, 3.63) is 107 Å². The number of benzene rings is 3. The molecule has 3 aromatic heterocycles. The first-order valence-electron chi connectivity index (χ1n) is 12.8. The number of hydrogen-bond donors (Lipinski definition) is 1. The number of ether oxygens (including phenoxy) is 2. The summed E-state index contributed by atoms with van der Waals surface area (Å²) in [4.78, 5) is 19.3. The van der Waals surface area contributed by atoms with Crippen LogP contribution in [0.2, 0.25) is 0 Å². The molecule has 0 fully saturated rings. The minimum Gasteiger partial charge on any atom is -0.466 e. The molecule has 3 aromatic carbocycles. The Kier molecular flexibility index (Phi) is 6.42. The summed E-state index contributed by atoms with van der Waals surface area (Å²) in [6, 6.07) is 14.7. The fourth-order valence-electron chi connectivity index (χ4n) is 5.06. The number of aromatic amines is 1. The number of imidazole rings is 1. The molecule has 0 bridgehead atoms. The number of esters is 1. The Morgan fingerprint density at radius 3 is 2.73 bits per heavy atom. The zero-order valence-electron chi connectivity index (χ0n) is 21.7. The average Bonchev–Trinajstić information content (AvgIpc) is 3.59. The quantitative estimate of drug-likeness (QED) is 0.213. The van der Waals surface area contributed by atoms with E-state index in [9.17, 15) is 13.6 Å². The molecule has 1 unspecified atom stereocenters. The molecule has 0 aliphatic rings. The Morgan fingerprint density at radius 2 is 1.90 bits per heavy atom. The lowest BCUT2D eigenvalue weighted by Gasteiger charge is -2.15. The molecule has 0 radical (unpaired) electrons. The maximum atomic E-state index is 15.5. The van der Waals surface area contributed by atoms with Crippen molar-refractivity contribution in [2.75, 3.05) is 6.61 Å². The normalized spacial score (nSPS) is 12.3. The van der Waals surface area contributed by atoms with Gasteiger partial charge in [0.15, 0.2) is 17.4 Å². The van der Waals surface area contributed by atoms with E-state index in [1.165, 1.54) is 18.3 Å². The number of nitrogens with one attached hydrogen (secondary N) is 1. The van der Waals surface area contributed by atoms with Crippen molar-refractivity contribution in [3.8, 4) is 11.5 Å². The van der Waals surface area contributed by atoms with E-state index in [-0.39, 0.29) is 29.7 Å². The summed E-state index contributed by atoms with van der Waals surface area (Å²) in [6.07, 6.45) is 4.89. The molecule has 0 saturated carbocycles. The standard InChI is InChI=1S/C31H24F3N3O3/c1-3-39-27(38)13-19-5-4-6-21(28(19)33)17(2)26-16-36-31-23-14-20(8-7-18(23)10-12-37(26)31)40-30-24(32)15-25-22(29(30)34)9-11-35-25/h4-12,14-17,35H,3,13H2,1-2H3. The van der Waals surface area contributed by atoms with Gasteiger partial charge in [0, 0.05) is 47.0 Å². The summed E-state index contributed by atoms with van der Waals surface area (Å²) >= 11 is 0. The van der Waals surface area contributed by atoms with Crippen molar-refractivity contribution >= 4 is 33.3 Å². The second kappa shape index (κ2) is 10.1. The number of carbonyl (C=O) groups is 1. The van der Waals surface area contributed by atoms with Gasteiger partial charge in [0.25, 0.3) is 0 Å². The number of carbonyl (C=O) groups excluding carboxylic acids is 1. The first-order chi connectivity index (χ1) is 19.4. The maximum absolute atomic E-state index is 15.5. The molecule has 6 aromatic rings. The number of halogens is 3. The van der Waals surface area contributed by atoms with Crippen molar-refractivity contribution in [2.45, 2.75) is 26.2 Å². The van der Waals surface area contributed by atoms with Crippen LogP contribution in [0.3, 0.4) is 0 Å². The fraction of sp³-hybridized carbons (Fsp3) is 0.161. The lowest BCUT2D eigenvalue weighted by atomic mass is 9.94. The van der Waals surface area contributed by atoms with Gasteiger partial charge in [-0.1, -0.05) is 31.2 Å². The molecule has 6 rings (SSSR count). The Labute approximate surface area is 227 Å². The van der Waals surface area contributed by atoms with Gasteiger partial charge in [0.2, 0.25) is 0 Å². The fourth-order valence-corrected chi connectivity index (χ4v) is 5.06. The summed E-state index contributed by atoms with van der Waals surface area (Å²) in [7, 11) is 0. The first kappa shape index (κ1) is 25.5.